The summed E-state index contributed by atoms with van der Waals surface area (Å²) in [5, 5.41) is 0. The van der Waals surface area contributed by atoms with Crippen molar-refractivity contribution >= 4 is 35.0 Å². The van der Waals surface area contributed by atoms with Gasteiger partial charge in [0.25, 0.3) is 0 Å². The van der Waals surface area contributed by atoms with E-state index in [2.05, 4.69) is 118 Å². The Kier molecular flexibility index (Phi) is 10.1. The number of hydrogen-bond donors (Lipinski definition) is 0. The average Bonchev–Trinajstić information content (AvgIpc) is 3.60. The van der Waals surface area contributed by atoms with Gasteiger partial charge in [-0.3, -0.25) is 19.2 Å². The molecule has 49 heavy (non-hydrogen) atoms. The highest BCUT2D eigenvalue weighted by Gasteiger charge is 2.38. The van der Waals surface area contributed by atoms with Crippen LogP contribution in [0, 0.1) is 0 Å². The van der Waals surface area contributed by atoms with E-state index in [0.717, 1.165) is 58.5 Å². The Balaban J connectivity index is 1.63. The van der Waals surface area contributed by atoms with Crippen molar-refractivity contribution in [3.05, 3.63) is 93.0 Å². The Bertz CT molecular complexity index is 1730. The molecule has 2 aliphatic heterocycles. The van der Waals surface area contributed by atoms with E-state index in [0.29, 0.717) is 0 Å². The second-order valence-electron chi connectivity index (χ2n) is 15.3. The molecule has 3 aromatic rings. The van der Waals surface area contributed by atoms with Crippen LogP contribution in [0.5, 0.6) is 0 Å². The van der Waals surface area contributed by atoms with Crippen LogP contribution in [0.4, 0.5) is 11.4 Å². The molecule has 0 saturated carbocycles. The molecular weight excluding hydrogens is 608 g/mol. The summed E-state index contributed by atoms with van der Waals surface area (Å²) >= 11 is 0. The lowest BCUT2D eigenvalue weighted by Crippen LogP contribution is -2.32. The molecule has 6 nitrogen and oxygen atoms in total. The first-order chi connectivity index (χ1) is 23.1. The monoisotopic (exact) mass is 662 g/mol. The maximum absolute atomic E-state index is 13.0. The van der Waals surface area contributed by atoms with Crippen molar-refractivity contribution < 1.29 is 19.2 Å². The zero-order valence-electron chi connectivity index (χ0n) is 31.3. The van der Waals surface area contributed by atoms with Crippen molar-refractivity contribution in [3.8, 4) is 0 Å². The third-order valence-electron chi connectivity index (χ3n) is 11.3. The minimum atomic E-state index is -0.359. The summed E-state index contributed by atoms with van der Waals surface area (Å²) in [4.78, 5) is 54.5. The Hall–Kier alpha value is -4.06. The summed E-state index contributed by atoms with van der Waals surface area (Å²) in [7, 11) is 0. The Morgan fingerprint density at radius 1 is 0.571 bits per heavy atom. The van der Waals surface area contributed by atoms with Gasteiger partial charge in [-0.15, -0.1) is 0 Å². The number of benzene rings is 3. The minimum Gasteiger partial charge on any atom is -0.274 e. The zero-order chi connectivity index (χ0) is 36.0. The maximum atomic E-state index is 13.0. The minimum absolute atomic E-state index is 0.110. The molecule has 2 saturated heterocycles. The van der Waals surface area contributed by atoms with Gasteiger partial charge in [0, 0.05) is 36.5 Å². The van der Waals surface area contributed by atoms with Gasteiger partial charge in [0.05, 0.1) is 11.4 Å². The first-order valence-electron chi connectivity index (χ1n) is 18.3. The molecule has 1 atom stereocenters. The standard InChI is InChI=1S/C43H54N2O4/c1-11-28-21-32(22-29(12-2)40(28)44-36(46)17-18-37(44)47)42(8,9)30-15-14-16-31(23-30)43(10,13-3)33-24-34(26(4)5)41(35(25-33)27(6)7)45-38(48)19-20-39(45)49/h14-16,21-27H,11-13,17-20H2,1-10H3. The third-order valence-corrected chi connectivity index (χ3v) is 11.3. The largest absolute Gasteiger partial charge is 0.274 e. The van der Waals surface area contributed by atoms with Gasteiger partial charge in [-0.2, -0.15) is 0 Å². The number of carbonyl (C=O) groups is 4. The van der Waals surface area contributed by atoms with E-state index in [1.54, 1.807) is 0 Å². The summed E-state index contributed by atoms with van der Waals surface area (Å²) in [6.45, 7) is 21.8. The molecule has 0 bridgehead atoms. The molecule has 0 aromatic heterocycles. The molecule has 2 aliphatic rings. The fourth-order valence-electron chi connectivity index (χ4n) is 7.73. The highest BCUT2D eigenvalue weighted by atomic mass is 16.2. The number of aryl methyl sites for hydroxylation is 2. The Morgan fingerprint density at radius 3 is 1.41 bits per heavy atom. The van der Waals surface area contributed by atoms with Crippen molar-refractivity contribution in [2.45, 2.75) is 137 Å². The lowest BCUT2D eigenvalue weighted by Gasteiger charge is -2.35. The Morgan fingerprint density at radius 2 is 1.00 bits per heavy atom. The van der Waals surface area contributed by atoms with E-state index in [1.165, 1.54) is 26.5 Å². The number of nitrogens with zero attached hydrogens (tertiary/aromatic N) is 2. The third kappa shape index (κ3) is 6.28. The summed E-state index contributed by atoms with van der Waals surface area (Å²) in [5.41, 5.74) is 9.75. The van der Waals surface area contributed by atoms with E-state index in [9.17, 15) is 19.2 Å². The molecule has 4 amide bonds. The molecule has 1 unspecified atom stereocenters. The Labute approximate surface area is 293 Å². The van der Waals surface area contributed by atoms with Crippen molar-refractivity contribution in [3.63, 3.8) is 0 Å². The van der Waals surface area contributed by atoms with Crippen molar-refractivity contribution in [2.75, 3.05) is 9.80 Å². The molecule has 5 rings (SSSR count). The van der Waals surface area contributed by atoms with E-state index in [1.807, 2.05) is 0 Å². The van der Waals surface area contributed by atoms with E-state index < -0.39 is 0 Å². The molecule has 2 fully saturated rings. The predicted molar refractivity (Wildman–Crippen MR) is 199 cm³/mol. The van der Waals surface area contributed by atoms with Gasteiger partial charge >= 0.3 is 0 Å². The SMILES string of the molecule is CCc1cc(C(C)(C)c2cccc(C(C)(CC)c3cc(C(C)C)c(N4C(=O)CCC4=O)c(C(C)C)c3)c2)cc(CC)c1N1C(=O)CCC1=O. The molecule has 0 aliphatic carbocycles. The molecule has 3 aromatic carbocycles. The smallest absolute Gasteiger partial charge is 0.234 e. The van der Waals surface area contributed by atoms with Crippen LogP contribution in [-0.2, 0) is 42.8 Å². The van der Waals surface area contributed by atoms with Crippen LogP contribution in [-0.4, -0.2) is 23.6 Å². The normalized spacial score (nSPS) is 16.9. The first kappa shape index (κ1) is 36.2. The molecule has 6 heteroatoms. The predicted octanol–water partition coefficient (Wildman–Crippen LogP) is 9.41. The van der Waals surface area contributed by atoms with Crippen LogP contribution < -0.4 is 9.80 Å². The van der Waals surface area contributed by atoms with E-state index >= 15 is 0 Å². The quantitative estimate of drug-likeness (QED) is 0.192. The highest BCUT2D eigenvalue weighted by Crippen LogP contribution is 2.46. The van der Waals surface area contributed by atoms with Crippen LogP contribution >= 0.6 is 0 Å². The molecular formula is C43H54N2O4. The van der Waals surface area contributed by atoms with E-state index in [-0.39, 0.29) is 72.0 Å². The number of anilines is 2. The lowest BCUT2D eigenvalue weighted by molar-refractivity contribution is -0.122. The van der Waals surface area contributed by atoms with Crippen LogP contribution in [0.2, 0.25) is 0 Å². The molecule has 260 valence electrons. The van der Waals surface area contributed by atoms with Crippen LogP contribution in [0.1, 0.15) is 158 Å². The van der Waals surface area contributed by atoms with Gasteiger partial charge in [-0.1, -0.05) is 118 Å². The molecule has 0 radical (unpaired) electrons. The highest BCUT2D eigenvalue weighted by molar-refractivity contribution is 6.21. The summed E-state index contributed by atoms with van der Waals surface area (Å²) < 4.78 is 0. The van der Waals surface area contributed by atoms with Gasteiger partial charge in [0.1, 0.15) is 0 Å². The van der Waals surface area contributed by atoms with Gasteiger partial charge in [0.15, 0.2) is 0 Å². The van der Waals surface area contributed by atoms with Crippen molar-refractivity contribution in [1.82, 2.24) is 0 Å². The molecule has 2 heterocycles. The van der Waals surface area contributed by atoms with Gasteiger partial charge in [-0.05, 0) is 75.6 Å². The topological polar surface area (TPSA) is 74.8 Å². The van der Waals surface area contributed by atoms with Crippen LogP contribution in [0.3, 0.4) is 0 Å². The van der Waals surface area contributed by atoms with Gasteiger partial charge in [-0.25, -0.2) is 9.80 Å². The number of hydrogen-bond acceptors (Lipinski definition) is 4. The van der Waals surface area contributed by atoms with Gasteiger partial charge in [0.2, 0.25) is 23.6 Å². The number of amides is 4. The second-order valence-corrected chi connectivity index (χ2v) is 15.3. The number of imide groups is 2. The maximum Gasteiger partial charge on any atom is 0.234 e. The molecule has 0 N–H and O–H groups in total. The summed E-state index contributed by atoms with van der Waals surface area (Å²) in [6, 6.07) is 17.8. The van der Waals surface area contributed by atoms with Crippen molar-refractivity contribution in [2.24, 2.45) is 0 Å². The fourth-order valence-corrected chi connectivity index (χ4v) is 7.73. The fraction of sp³-hybridized carbons (Fsp3) is 0.488. The summed E-state index contributed by atoms with van der Waals surface area (Å²) in [6.07, 6.45) is 3.38. The second kappa shape index (κ2) is 13.7. The first-order valence-corrected chi connectivity index (χ1v) is 18.3. The summed E-state index contributed by atoms with van der Waals surface area (Å²) in [5.74, 6) is -0.205. The number of carbonyl (C=O) groups excluding carboxylic acids is 4. The zero-order valence-corrected chi connectivity index (χ0v) is 31.3. The number of rotatable bonds is 11. The molecule has 0 spiro atoms. The lowest BCUT2D eigenvalue weighted by atomic mass is 9.69. The van der Waals surface area contributed by atoms with Crippen LogP contribution in [0.15, 0.2) is 48.5 Å². The van der Waals surface area contributed by atoms with Crippen LogP contribution in [0.25, 0.3) is 0 Å². The van der Waals surface area contributed by atoms with Crippen molar-refractivity contribution in [1.29, 1.82) is 0 Å². The average molecular weight is 663 g/mol. The van der Waals surface area contributed by atoms with E-state index in [4.69, 9.17) is 0 Å². The van der Waals surface area contributed by atoms with Gasteiger partial charge < -0.3 is 0 Å².